The molecule has 0 radical (unpaired) electrons. The van der Waals surface area contributed by atoms with E-state index >= 15 is 0 Å². The Kier molecular flexibility index (Phi) is 7.16. The third-order valence-electron chi connectivity index (χ3n) is 5.55. The molecule has 0 spiro atoms. The number of hydrogen-bond acceptors (Lipinski definition) is 5. The van der Waals surface area contributed by atoms with Crippen LogP contribution in [0.3, 0.4) is 0 Å². The Hall–Kier alpha value is -3.33. The molecule has 3 aromatic carbocycles. The zero-order valence-electron chi connectivity index (χ0n) is 19.7. The van der Waals surface area contributed by atoms with Crippen LogP contribution in [0.15, 0.2) is 77.8 Å². The largest absolute Gasteiger partial charge is 0.494 e. The second kappa shape index (κ2) is 10.1. The summed E-state index contributed by atoms with van der Waals surface area (Å²) in [7, 11) is 0.353. The van der Waals surface area contributed by atoms with Crippen LogP contribution in [0.1, 0.15) is 11.1 Å². The van der Waals surface area contributed by atoms with E-state index in [9.17, 15) is 13.5 Å². The molecule has 1 aromatic heterocycles. The van der Waals surface area contributed by atoms with E-state index in [4.69, 9.17) is 16.6 Å². The Morgan fingerprint density at radius 1 is 1.00 bits per heavy atom. The number of rotatable bonds is 8. The van der Waals surface area contributed by atoms with Crippen LogP contribution in [0, 0.1) is 0 Å². The molecule has 0 aliphatic heterocycles. The first-order valence-corrected chi connectivity index (χ1v) is 13.2. The zero-order chi connectivity index (χ0) is 25.2. The fraction of sp³-hybridized carbons (Fsp3) is 0.192. The number of anilines is 1. The molecule has 9 heteroatoms. The van der Waals surface area contributed by atoms with Crippen molar-refractivity contribution in [1.29, 1.82) is 0 Å². The van der Waals surface area contributed by atoms with Gasteiger partial charge >= 0.3 is 0 Å². The third-order valence-corrected chi connectivity index (χ3v) is 6.98. The molecule has 0 saturated heterocycles. The maximum atomic E-state index is 12.4. The molecule has 0 saturated carbocycles. The van der Waals surface area contributed by atoms with Gasteiger partial charge < -0.3 is 15.0 Å². The lowest BCUT2D eigenvalue weighted by molar-refractivity contribution is 0.419. The Morgan fingerprint density at radius 2 is 1.71 bits per heavy atom. The molecule has 0 amide bonds. The molecule has 4 aromatic rings. The Morgan fingerprint density at radius 3 is 2.37 bits per heavy atom. The minimum atomic E-state index is -3.44. The number of H-pyrrole nitrogens is 1. The highest BCUT2D eigenvalue weighted by Crippen LogP contribution is 2.32. The van der Waals surface area contributed by atoms with E-state index in [1.165, 1.54) is 10.6 Å². The number of nitrogens with one attached hydrogen (secondary N) is 1. The zero-order valence-corrected chi connectivity index (χ0v) is 21.3. The number of para-hydroxylation sites is 1. The normalized spacial score (nSPS) is 12.4. The van der Waals surface area contributed by atoms with E-state index < -0.39 is 10.0 Å². The highest BCUT2D eigenvalue weighted by Gasteiger charge is 2.20. The number of hydrogen-bond donors (Lipinski definition) is 2. The van der Waals surface area contributed by atoms with Crippen molar-refractivity contribution in [3.05, 3.63) is 88.9 Å². The number of aromatic hydroxyl groups is 1. The molecular formula is C26H27ClN4O3S. The van der Waals surface area contributed by atoms with Gasteiger partial charge in [0.2, 0.25) is 10.0 Å². The molecule has 4 rings (SSSR count). The van der Waals surface area contributed by atoms with Gasteiger partial charge in [0.25, 0.3) is 0 Å². The molecule has 0 unspecified atom stereocenters. The van der Waals surface area contributed by atoms with Crippen molar-refractivity contribution >= 4 is 49.6 Å². The molecule has 0 bridgehead atoms. The van der Waals surface area contributed by atoms with Crippen LogP contribution in [0.25, 0.3) is 10.9 Å². The maximum Gasteiger partial charge on any atom is 0.232 e. The minimum absolute atomic E-state index is 0.00785. The summed E-state index contributed by atoms with van der Waals surface area (Å²) in [6.45, 7) is 0.928. The van der Waals surface area contributed by atoms with Crippen molar-refractivity contribution in [2.45, 2.75) is 0 Å². The second-order valence-electron chi connectivity index (χ2n) is 8.52. The summed E-state index contributed by atoms with van der Waals surface area (Å²) in [5.41, 5.74) is 3.81. The number of aromatic amines is 1. The van der Waals surface area contributed by atoms with E-state index in [0.29, 0.717) is 40.8 Å². The highest BCUT2D eigenvalue weighted by molar-refractivity contribution is 7.92. The van der Waals surface area contributed by atoms with Crippen LogP contribution >= 0.6 is 11.6 Å². The second-order valence-corrected chi connectivity index (χ2v) is 10.9. The number of aliphatic imine (C=N–C) groups is 1. The fourth-order valence-electron chi connectivity index (χ4n) is 3.87. The number of sulfonamides is 1. The summed E-state index contributed by atoms with van der Waals surface area (Å²) in [6.07, 6.45) is 1.20. The number of nitrogens with zero attached hydrogens (tertiary/aromatic N) is 3. The lowest BCUT2D eigenvalue weighted by Gasteiger charge is -2.24. The standard InChI is InChI=1S/C26H27ClN4O3S/c1-30(2)15-16-31(35(3,33)34)21-13-11-20(12-14-21)28-25(18-7-6-8-19(27)17-18)24-22-9-4-5-10-23(22)29-26(24)32/h4-14,17,29,32H,15-16H2,1-3H3. The van der Waals surface area contributed by atoms with E-state index in [-0.39, 0.29) is 5.88 Å². The average molecular weight is 511 g/mol. The van der Waals surface area contributed by atoms with Gasteiger partial charge in [0.05, 0.1) is 28.9 Å². The lowest BCUT2D eigenvalue weighted by Crippen LogP contribution is -2.35. The van der Waals surface area contributed by atoms with Crippen molar-refractivity contribution < 1.29 is 13.5 Å². The molecule has 7 nitrogen and oxygen atoms in total. The molecule has 35 heavy (non-hydrogen) atoms. The SMILES string of the molecule is CN(C)CCN(c1ccc(N=C(c2cccc(Cl)c2)c2c(O)[nH]c3ccccc23)cc1)S(C)(=O)=O. The van der Waals surface area contributed by atoms with Crippen molar-refractivity contribution in [2.75, 3.05) is 37.7 Å². The van der Waals surface area contributed by atoms with Gasteiger partial charge in [-0.25, -0.2) is 13.4 Å². The van der Waals surface area contributed by atoms with Gasteiger partial charge in [0, 0.05) is 34.6 Å². The van der Waals surface area contributed by atoms with E-state index in [2.05, 4.69) is 4.98 Å². The average Bonchev–Trinajstić information content (AvgIpc) is 3.13. The Bertz CT molecular complexity index is 1480. The molecular weight excluding hydrogens is 484 g/mol. The van der Waals surface area contributed by atoms with Gasteiger partial charge in [0.15, 0.2) is 5.88 Å². The lowest BCUT2D eigenvalue weighted by atomic mass is 10.0. The maximum absolute atomic E-state index is 12.4. The summed E-state index contributed by atoms with van der Waals surface area (Å²) in [5, 5.41) is 12.2. The molecule has 0 atom stereocenters. The number of benzene rings is 3. The molecule has 2 N–H and O–H groups in total. The third kappa shape index (κ3) is 5.67. The van der Waals surface area contributed by atoms with Crippen molar-refractivity contribution in [3.8, 4) is 5.88 Å². The van der Waals surface area contributed by atoms with Gasteiger partial charge in [0.1, 0.15) is 0 Å². The summed E-state index contributed by atoms with van der Waals surface area (Å²) in [5.74, 6) is 0.00785. The Balaban J connectivity index is 1.80. The predicted molar refractivity (Wildman–Crippen MR) is 144 cm³/mol. The number of fused-ring (bicyclic) bond motifs is 1. The van der Waals surface area contributed by atoms with Gasteiger partial charge in [-0.1, -0.05) is 41.9 Å². The summed E-state index contributed by atoms with van der Waals surface area (Å²) in [4.78, 5) is 9.80. The van der Waals surface area contributed by atoms with Crippen LogP contribution < -0.4 is 4.31 Å². The van der Waals surface area contributed by atoms with Crippen molar-refractivity contribution in [1.82, 2.24) is 9.88 Å². The summed E-state index contributed by atoms with van der Waals surface area (Å²) in [6, 6.07) is 21.9. The Labute approximate surface area is 210 Å². The summed E-state index contributed by atoms with van der Waals surface area (Å²) < 4.78 is 26.1. The van der Waals surface area contributed by atoms with Crippen LogP contribution in [0.5, 0.6) is 5.88 Å². The van der Waals surface area contributed by atoms with Crippen molar-refractivity contribution in [2.24, 2.45) is 4.99 Å². The molecule has 182 valence electrons. The van der Waals surface area contributed by atoms with Crippen LogP contribution in [0.4, 0.5) is 11.4 Å². The van der Waals surface area contributed by atoms with Gasteiger partial charge in [-0.15, -0.1) is 0 Å². The predicted octanol–water partition coefficient (Wildman–Crippen LogP) is 5.02. The fourth-order valence-corrected chi connectivity index (χ4v) is 4.98. The van der Waals surface area contributed by atoms with E-state index in [0.717, 1.165) is 16.5 Å². The molecule has 0 aliphatic rings. The van der Waals surface area contributed by atoms with Crippen LogP contribution in [0.2, 0.25) is 5.02 Å². The van der Waals surface area contributed by atoms with Crippen LogP contribution in [-0.2, 0) is 10.0 Å². The number of aromatic nitrogens is 1. The van der Waals surface area contributed by atoms with E-state index in [1.807, 2.05) is 55.4 Å². The van der Waals surface area contributed by atoms with Gasteiger partial charge in [-0.2, -0.15) is 0 Å². The first-order chi connectivity index (χ1) is 16.6. The van der Waals surface area contributed by atoms with E-state index in [1.54, 1.807) is 36.4 Å². The monoisotopic (exact) mass is 510 g/mol. The van der Waals surface area contributed by atoms with Crippen molar-refractivity contribution in [3.63, 3.8) is 0 Å². The molecule has 0 aliphatic carbocycles. The van der Waals surface area contributed by atoms with Gasteiger partial charge in [-0.3, -0.25) is 4.31 Å². The quantitative estimate of drug-likeness (QED) is 0.326. The topological polar surface area (TPSA) is 89.0 Å². The number of halogens is 1. The molecule has 1 heterocycles. The minimum Gasteiger partial charge on any atom is -0.494 e. The highest BCUT2D eigenvalue weighted by atomic mass is 35.5. The smallest absolute Gasteiger partial charge is 0.232 e. The van der Waals surface area contributed by atoms with Crippen LogP contribution in [-0.4, -0.2) is 62.6 Å². The number of likely N-dealkylation sites (N-methyl/N-ethyl adjacent to an activating group) is 1. The molecule has 0 fully saturated rings. The first-order valence-electron chi connectivity index (χ1n) is 11.0. The summed E-state index contributed by atoms with van der Waals surface area (Å²) >= 11 is 6.27. The first kappa shape index (κ1) is 24.8. The van der Waals surface area contributed by atoms with Gasteiger partial charge in [-0.05, 0) is 56.6 Å².